The van der Waals surface area contributed by atoms with E-state index in [1.807, 2.05) is 39.0 Å². The van der Waals surface area contributed by atoms with E-state index in [1.54, 1.807) is 13.2 Å². The largest absolute Gasteiger partial charge is 0.495 e. The van der Waals surface area contributed by atoms with Crippen LogP contribution in [0.2, 0.25) is 0 Å². The SMILES string of the molecule is CCCC1=NN2C(=N)/C(=C\c3cc(C)n(-c4cc(C)ccc4OC)c3C)C(=O)N=C2S1. The van der Waals surface area contributed by atoms with Crippen molar-refractivity contribution in [3.63, 3.8) is 0 Å². The van der Waals surface area contributed by atoms with Crippen LogP contribution in [-0.2, 0) is 4.79 Å². The van der Waals surface area contributed by atoms with Crippen LogP contribution in [0.1, 0.15) is 42.3 Å². The van der Waals surface area contributed by atoms with E-state index in [0.29, 0.717) is 5.17 Å². The predicted octanol–water partition coefficient (Wildman–Crippen LogP) is 4.83. The summed E-state index contributed by atoms with van der Waals surface area (Å²) in [7, 11) is 1.66. The molecule has 0 bridgehead atoms. The Hall–Kier alpha value is -3.13. The number of hydrogen-bond donors (Lipinski definition) is 1. The Kier molecular flexibility index (Phi) is 5.58. The molecular formula is C23H25N5O2S. The van der Waals surface area contributed by atoms with Gasteiger partial charge in [0.05, 0.1) is 18.4 Å². The van der Waals surface area contributed by atoms with Crippen LogP contribution in [0.25, 0.3) is 11.8 Å². The Labute approximate surface area is 186 Å². The first kappa shape index (κ1) is 21.1. The zero-order valence-corrected chi connectivity index (χ0v) is 19.1. The monoisotopic (exact) mass is 435 g/mol. The number of nitrogens with one attached hydrogen (secondary N) is 1. The maximum Gasteiger partial charge on any atom is 0.283 e. The number of thioether (sulfide) groups is 1. The number of amidine groups is 2. The molecule has 2 aliphatic heterocycles. The average molecular weight is 436 g/mol. The molecule has 0 saturated heterocycles. The second-order valence-electron chi connectivity index (χ2n) is 7.60. The zero-order chi connectivity index (χ0) is 22.3. The van der Waals surface area contributed by atoms with E-state index in [0.717, 1.165) is 51.8 Å². The summed E-state index contributed by atoms with van der Waals surface area (Å²) in [5, 5.41) is 15.9. The van der Waals surface area contributed by atoms with Crippen molar-refractivity contribution in [3.8, 4) is 11.4 Å². The van der Waals surface area contributed by atoms with Gasteiger partial charge in [0.25, 0.3) is 5.91 Å². The number of ether oxygens (including phenoxy) is 1. The standard InChI is InChI=1S/C23H25N5O2S/c1-6-7-20-26-28-21(24)17(22(29)25-23(28)31-20)12-16-11-14(3)27(15(16)4)18-10-13(2)8-9-19(18)30-5/h8-12,24H,6-7H2,1-5H3/b17-12+,24-21?. The van der Waals surface area contributed by atoms with Gasteiger partial charge in [-0.2, -0.15) is 15.1 Å². The molecule has 1 amide bonds. The molecule has 2 aliphatic rings. The van der Waals surface area contributed by atoms with Gasteiger partial charge in [0.15, 0.2) is 5.84 Å². The van der Waals surface area contributed by atoms with E-state index in [1.165, 1.54) is 16.8 Å². The summed E-state index contributed by atoms with van der Waals surface area (Å²) in [6.45, 7) is 8.12. The number of nitrogens with zero attached hydrogens (tertiary/aromatic N) is 4. The molecule has 31 heavy (non-hydrogen) atoms. The molecule has 0 spiro atoms. The Morgan fingerprint density at radius 3 is 2.71 bits per heavy atom. The van der Waals surface area contributed by atoms with Gasteiger partial charge in [0.2, 0.25) is 5.17 Å². The Morgan fingerprint density at radius 1 is 1.23 bits per heavy atom. The highest BCUT2D eigenvalue weighted by molar-refractivity contribution is 8.26. The highest BCUT2D eigenvalue weighted by Gasteiger charge is 2.35. The molecule has 0 fully saturated rings. The van der Waals surface area contributed by atoms with Crippen LogP contribution in [0.4, 0.5) is 0 Å². The number of amides is 1. The van der Waals surface area contributed by atoms with Crippen molar-refractivity contribution in [2.24, 2.45) is 10.1 Å². The molecule has 0 radical (unpaired) electrons. The van der Waals surface area contributed by atoms with Crippen molar-refractivity contribution in [2.75, 3.05) is 7.11 Å². The van der Waals surface area contributed by atoms with Crippen molar-refractivity contribution in [2.45, 2.75) is 40.5 Å². The highest BCUT2D eigenvalue weighted by Crippen LogP contribution is 2.32. The van der Waals surface area contributed by atoms with E-state index in [-0.39, 0.29) is 11.4 Å². The van der Waals surface area contributed by atoms with Gasteiger partial charge in [-0.25, -0.2) is 0 Å². The van der Waals surface area contributed by atoms with Crippen LogP contribution < -0.4 is 4.74 Å². The predicted molar refractivity (Wildman–Crippen MR) is 126 cm³/mol. The number of carbonyl (C=O) groups excluding carboxylic acids is 1. The molecule has 0 atom stereocenters. The number of aliphatic imine (C=N–C) groups is 1. The molecule has 7 nitrogen and oxygen atoms in total. The molecule has 4 rings (SSSR count). The lowest BCUT2D eigenvalue weighted by Crippen LogP contribution is -2.35. The molecule has 1 aromatic heterocycles. The number of rotatable bonds is 5. The van der Waals surface area contributed by atoms with E-state index in [9.17, 15) is 4.79 Å². The molecule has 1 N–H and O–H groups in total. The quantitative estimate of drug-likeness (QED) is 0.682. The number of benzene rings is 1. The maximum atomic E-state index is 12.7. The summed E-state index contributed by atoms with van der Waals surface area (Å²) >= 11 is 1.37. The number of hydrogen-bond acceptors (Lipinski definition) is 5. The molecule has 3 heterocycles. The van der Waals surface area contributed by atoms with Gasteiger partial charge in [0.1, 0.15) is 10.8 Å². The fraction of sp³-hybridized carbons (Fsp3) is 0.304. The minimum Gasteiger partial charge on any atom is -0.495 e. The van der Waals surface area contributed by atoms with Crippen LogP contribution in [0, 0.1) is 26.2 Å². The summed E-state index contributed by atoms with van der Waals surface area (Å²) in [5.41, 5.74) is 5.13. The first-order valence-corrected chi connectivity index (χ1v) is 11.0. The van der Waals surface area contributed by atoms with Crippen LogP contribution in [0.15, 0.2) is 39.9 Å². The molecule has 1 aromatic carbocycles. The smallest absolute Gasteiger partial charge is 0.283 e. The van der Waals surface area contributed by atoms with Crippen LogP contribution in [-0.4, -0.2) is 38.6 Å². The van der Waals surface area contributed by atoms with Crippen LogP contribution >= 0.6 is 11.8 Å². The molecule has 0 saturated carbocycles. The summed E-state index contributed by atoms with van der Waals surface area (Å²) < 4.78 is 7.67. The average Bonchev–Trinajstić information content (AvgIpc) is 3.25. The summed E-state index contributed by atoms with van der Waals surface area (Å²) in [6, 6.07) is 8.05. The lowest BCUT2D eigenvalue weighted by molar-refractivity contribution is -0.114. The van der Waals surface area contributed by atoms with Gasteiger partial charge >= 0.3 is 0 Å². The third-order valence-electron chi connectivity index (χ3n) is 5.31. The molecular weight excluding hydrogens is 410 g/mol. The van der Waals surface area contributed by atoms with Crippen molar-refractivity contribution < 1.29 is 9.53 Å². The molecule has 0 unspecified atom stereocenters. The fourth-order valence-electron chi connectivity index (χ4n) is 3.78. The third kappa shape index (κ3) is 3.72. The number of methoxy groups -OCH3 is 1. The number of carbonyl (C=O) groups is 1. The van der Waals surface area contributed by atoms with Gasteiger partial charge < -0.3 is 9.30 Å². The van der Waals surface area contributed by atoms with E-state index >= 15 is 0 Å². The normalized spacial score (nSPS) is 17.2. The van der Waals surface area contributed by atoms with Gasteiger partial charge in [-0.3, -0.25) is 10.2 Å². The fourth-order valence-corrected chi connectivity index (χ4v) is 4.77. The number of aromatic nitrogens is 1. The second kappa shape index (κ2) is 8.19. The van der Waals surface area contributed by atoms with Gasteiger partial charge in [-0.1, -0.05) is 13.0 Å². The number of aryl methyl sites for hydroxylation is 2. The van der Waals surface area contributed by atoms with E-state index in [2.05, 4.69) is 27.7 Å². The zero-order valence-electron chi connectivity index (χ0n) is 18.3. The van der Waals surface area contributed by atoms with Gasteiger partial charge in [-0.05, 0) is 80.8 Å². The maximum absolute atomic E-state index is 12.7. The van der Waals surface area contributed by atoms with Crippen molar-refractivity contribution >= 4 is 39.8 Å². The summed E-state index contributed by atoms with van der Waals surface area (Å²) in [6.07, 6.45) is 3.50. The van der Waals surface area contributed by atoms with Gasteiger partial charge in [0, 0.05) is 11.4 Å². The first-order valence-electron chi connectivity index (χ1n) is 10.2. The Balaban J connectivity index is 1.76. The minimum absolute atomic E-state index is 0.0616. The Morgan fingerprint density at radius 2 is 2.00 bits per heavy atom. The topological polar surface area (TPSA) is 83.0 Å². The first-order chi connectivity index (χ1) is 14.8. The molecule has 2 aromatic rings. The lowest BCUT2D eigenvalue weighted by Gasteiger charge is -2.20. The minimum atomic E-state index is -0.408. The van der Waals surface area contributed by atoms with Crippen molar-refractivity contribution in [3.05, 3.63) is 52.4 Å². The van der Waals surface area contributed by atoms with Gasteiger partial charge in [-0.15, -0.1) is 0 Å². The highest BCUT2D eigenvalue weighted by atomic mass is 32.2. The molecule has 0 aliphatic carbocycles. The summed E-state index contributed by atoms with van der Waals surface area (Å²) in [5.74, 6) is 0.426. The van der Waals surface area contributed by atoms with Crippen LogP contribution in [0.3, 0.4) is 0 Å². The van der Waals surface area contributed by atoms with E-state index < -0.39 is 5.91 Å². The number of fused-ring (bicyclic) bond motifs is 1. The lowest BCUT2D eigenvalue weighted by atomic mass is 10.1. The summed E-state index contributed by atoms with van der Waals surface area (Å²) in [4.78, 5) is 16.9. The van der Waals surface area contributed by atoms with E-state index in [4.69, 9.17) is 10.1 Å². The van der Waals surface area contributed by atoms with Crippen molar-refractivity contribution in [1.82, 2.24) is 9.58 Å². The Bertz CT molecular complexity index is 1190. The van der Waals surface area contributed by atoms with Crippen molar-refractivity contribution in [1.29, 1.82) is 5.41 Å². The second-order valence-corrected chi connectivity index (χ2v) is 8.64. The third-order valence-corrected chi connectivity index (χ3v) is 6.27. The molecule has 8 heteroatoms. The molecule has 160 valence electrons. The van der Waals surface area contributed by atoms with Crippen LogP contribution in [0.5, 0.6) is 5.75 Å². The number of hydrazone groups is 1.